The van der Waals surface area contributed by atoms with Crippen molar-refractivity contribution in [3.63, 3.8) is 0 Å². The second-order valence-corrected chi connectivity index (χ2v) is 10.8. The van der Waals surface area contributed by atoms with Crippen LogP contribution in [0.25, 0.3) is 82.8 Å². The SMILES string of the molecule is [2H]c1c([2H])c([2H])c(-c2cc(-c3c([2H])c([2H])c([2H])c([2H])c3[2H])cc(-c3c4c([2H])c([2H])c([2H])c([2H])c4c(-c4ccccc4-n4c(C([2H])([2H])[2H])nc5ccccc54)c4c([2H])c([2H])c([2H])c([2H])c34)c2)c([2H])c1[2H]. The Bertz CT molecular complexity index is 3540. The van der Waals surface area contributed by atoms with E-state index in [4.69, 9.17) is 23.3 Å². The Kier molecular flexibility index (Phi) is 3.33. The second kappa shape index (κ2) is 11.5. The molecule has 2 nitrogen and oxygen atoms in total. The predicted molar refractivity (Wildman–Crippen MR) is 203 cm³/mol. The van der Waals surface area contributed by atoms with Gasteiger partial charge < -0.3 is 0 Å². The molecule has 48 heavy (non-hydrogen) atoms. The van der Waals surface area contributed by atoms with Gasteiger partial charge in [0.05, 0.1) is 41.4 Å². The van der Waals surface area contributed by atoms with Crippen molar-refractivity contribution in [2.45, 2.75) is 6.85 Å². The van der Waals surface area contributed by atoms with Gasteiger partial charge in [-0.3, -0.25) is 4.57 Å². The van der Waals surface area contributed by atoms with Crippen LogP contribution in [0.1, 0.15) is 34.6 Å². The van der Waals surface area contributed by atoms with Crippen LogP contribution in [0.5, 0.6) is 0 Å². The van der Waals surface area contributed by atoms with Crippen molar-refractivity contribution in [3.8, 4) is 50.2 Å². The van der Waals surface area contributed by atoms with E-state index in [-0.39, 0.29) is 66.4 Å². The number of fused-ring (bicyclic) bond motifs is 3. The van der Waals surface area contributed by atoms with Gasteiger partial charge in [-0.1, -0.05) is 139 Å². The predicted octanol–water partition coefficient (Wildman–Crippen LogP) is 12.3. The van der Waals surface area contributed by atoms with Crippen molar-refractivity contribution < 1.29 is 28.8 Å². The highest BCUT2D eigenvalue weighted by Gasteiger charge is 2.21. The quantitative estimate of drug-likeness (QED) is 0.172. The van der Waals surface area contributed by atoms with Crippen LogP contribution in [-0.2, 0) is 0 Å². The molecule has 0 bridgehead atoms. The van der Waals surface area contributed by atoms with Gasteiger partial charge in [0.2, 0.25) is 0 Å². The van der Waals surface area contributed by atoms with E-state index >= 15 is 0 Å². The summed E-state index contributed by atoms with van der Waals surface area (Å²) in [6, 6.07) is 3.54. The number of nitrogens with zero attached hydrogens (tertiary/aromatic N) is 2. The minimum atomic E-state index is -2.82. The summed E-state index contributed by atoms with van der Waals surface area (Å²) >= 11 is 0. The van der Waals surface area contributed by atoms with Crippen LogP contribution >= 0.6 is 0 Å². The summed E-state index contributed by atoms with van der Waals surface area (Å²) in [5, 5.41) is -1.25. The Hall–Kier alpha value is -6.25. The molecular formula is C46H32N2. The molecule has 0 aliphatic carbocycles. The van der Waals surface area contributed by atoms with Crippen LogP contribution in [0.4, 0.5) is 0 Å². The summed E-state index contributed by atoms with van der Waals surface area (Å²) in [6.45, 7) is -2.82. The van der Waals surface area contributed by atoms with Crippen molar-refractivity contribution in [3.05, 3.63) is 181 Å². The molecule has 0 N–H and O–H groups in total. The summed E-state index contributed by atoms with van der Waals surface area (Å²) in [5.41, 5.74) is -0.989. The maximum Gasteiger partial charge on any atom is 0.111 e. The number of aryl methyl sites for hydroxylation is 1. The van der Waals surface area contributed by atoms with Gasteiger partial charge >= 0.3 is 0 Å². The van der Waals surface area contributed by atoms with Crippen molar-refractivity contribution in [1.82, 2.24) is 9.55 Å². The average molecular weight is 634 g/mol. The standard InChI is InChI=1S/C46H32N2/c1-31-47-42-25-13-15-27-44(42)48(31)43-26-14-12-24-41(43)46-39-22-10-8-20-37(39)45(38-21-9-11-23-40(38)46)36-29-34(32-16-4-2-5-17-32)28-35(30-36)33-18-6-3-7-19-33/h2-30H,1H3/i1D3,2D,3D,4D,5D,6D,7D,8D,9D,10D,11D,16D,17D,18D,19D,20D,21D,22D,23D. The Labute approximate surface area is 309 Å². The highest BCUT2D eigenvalue weighted by atomic mass is 15.1. The van der Waals surface area contributed by atoms with E-state index in [0.29, 0.717) is 11.0 Å². The van der Waals surface area contributed by atoms with Crippen LogP contribution in [-0.4, -0.2) is 9.55 Å². The van der Waals surface area contributed by atoms with Gasteiger partial charge in [-0.25, -0.2) is 4.98 Å². The number of hydrogen-bond donors (Lipinski definition) is 0. The van der Waals surface area contributed by atoms with E-state index in [1.54, 1.807) is 36.4 Å². The minimum Gasteiger partial charge on any atom is -0.296 e. The molecule has 0 unspecified atom stereocenters. The van der Waals surface area contributed by atoms with E-state index in [1.165, 1.54) is 34.9 Å². The molecule has 226 valence electrons. The highest BCUT2D eigenvalue weighted by Crippen LogP contribution is 2.46. The molecule has 8 aromatic carbocycles. The van der Waals surface area contributed by atoms with Crippen LogP contribution in [0.3, 0.4) is 0 Å². The van der Waals surface area contributed by atoms with Crippen LogP contribution in [0.15, 0.2) is 175 Å². The molecule has 9 rings (SSSR count). The number of aromatic nitrogens is 2. The van der Waals surface area contributed by atoms with Gasteiger partial charge in [-0.15, -0.1) is 0 Å². The van der Waals surface area contributed by atoms with E-state index in [1.807, 2.05) is 0 Å². The highest BCUT2D eigenvalue weighted by molar-refractivity contribution is 6.22. The molecule has 0 saturated carbocycles. The van der Waals surface area contributed by atoms with E-state index < -0.39 is 127 Å². The van der Waals surface area contributed by atoms with Gasteiger partial charge in [0.1, 0.15) is 5.82 Å². The topological polar surface area (TPSA) is 17.8 Å². The number of hydrogen-bond acceptors (Lipinski definition) is 1. The molecule has 2 heteroatoms. The Balaban J connectivity index is 1.57. The summed E-state index contributed by atoms with van der Waals surface area (Å²) in [7, 11) is 0. The monoisotopic (exact) mass is 633 g/mol. The number of imidazole rings is 1. The lowest BCUT2D eigenvalue weighted by molar-refractivity contribution is 1.00. The first-order valence-corrected chi connectivity index (χ1v) is 14.8. The summed E-state index contributed by atoms with van der Waals surface area (Å²) in [4.78, 5) is 4.45. The zero-order chi connectivity index (χ0) is 50.2. The molecule has 0 saturated heterocycles. The maximum absolute atomic E-state index is 9.59. The normalized spacial score (nSPS) is 17.9. The molecule has 0 aliphatic heterocycles. The van der Waals surface area contributed by atoms with Gasteiger partial charge in [0.15, 0.2) is 0 Å². The summed E-state index contributed by atoms with van der Waals surface area (Å²) in [5.74, 6) is -0.380. The molecule has 0 atom stereocenters. The fraction of sp³-hybridized carbons (Fsp3) is 0.0217. The molecule has 0 aliphatic rings. The molecule has 0 spiro atoms. The first-order valence-electron chi connectivity index (χ1n) is 25.3. The van der Waals surface area contributed by atoms with Gasteiger partial charge in [-0.2, -0.15) is 0 Å². The largest absolute Gasteiger partial charge is 0.296 e. The summed E-state index contributed by atoms with van der Waals surface area (Å²) in [6.07, 6.45) is 0. The van der Waals surface area contributed by atoms with Crippen molar-refractivity contribution >= 4 is 32.6 Å². The molecular weight excluding hydrogens is 581 g/mol. The minimum absolute atomic E-state index is 0.0652. The number of rotatable bonds is 5. The fourth-order valence-corrected chi connectivity index (χ4v) is 6.18. The third kappa shape index (κ3) is 4.61. The fourth-order valence-electron chi connectivity index (χ4n) is 6.18. The molecule has 1 heterocycles. The number of para-hydroxylation sites is 3. The second-order valence-electron chi connectivity index (χ2n) is 10.8. The van der Waals surface area contributed by atoms with Gasteiger partial charge in [0, 0.05) is 9.68 Å². The van der Waals surface area contributed by atoms with Crippen LogP contribution in [0.2, 0.25) is 0 Å². The summed E-state index contributed by atoms with van der Waals surface area (Å²) < 4.78 is 187. The third-order valence-electron chi connectivity index (χ3n) is 8.15. The molecule has 0 amide bonds. The third-order valence-corrected chi connectivity index (χ3v) is 8.15. The van der Waals surface area contributed by atoms with Crippen molar-refractivity contribution in [2.75, 3.05) is 0 Å². The lowest BCUT2D eigenvalue weighted by Crippen LogP contribution is -2.00. The zero-order valence-electron chi connectivity index (χ0n) is 45.7. The lowest BCUT2D eigenvalue weighted by atomic mass is 9.84. The van der Waals surface area contributed by atoms with Crippen molar-refractivity contribution in [1.29, 1.82) is 0 Å². The van der Waals surface area contributed by atoms with Crippen LogP contribution < -0.4 is 0 Å². The molecule has 0 radical (unpaired) electrons. The maximum atomic E-state index is 9.59. The molecule has 9 aromatic rings. The average Bonchev–Trinajstić information content (AvgIpc) is 3.73. The van der Waals surface area contributed by atoms with E-state index in [9.17, 15) is 5.48 Å². The number of benzene rings is 8. The molecule has 1 aromatic heterocycles. The lowest BCUT2D eigenvalue weighted by Gasteiger charge is -2.21. The Morgan fingerprint density at radius 2 is 1.00 bits per heavy atom. The first-order chi connectivity index (χ1) is 32.4. The van der Waals surface area contributed by atoms with Crippen LogP contribution in [0, 0.1) is 6.85 Å². The molecule has 0 fully saturated rings. The zero-order valence-corrected chi connectivity index (χ0v) is 24.7. The van der Waals surface area contributed by atoms with Gasteiger partial charge in [-0.05, 0) is 104 Å². The Morgan fingerprint density at radius 1 is 0.500 bits per heavy atom. The van der Waals surface area contributed by atoms with Gasteiger partial charge in [0.25, 0.3) is 0 Å². The van der Waals surface area contributed by atoms with E-state index in [2.05, 4.69) is 4.98 Å². The first kappa shape index (κ1) is 13.9. The smallest absolute Gasteiger partial charge is 0.111 e. The Morgan fingerprint density at radius 3 is 1.60 bits per heavy atom. The van der Waals surface area contributed by atoms with Crippen molar-refractivity contribution in [2.24, 2.45) is 0 Å². The van der Waals surface area contributed by atoms with E-state index in [0.717, 1.165) is 0 Å².